The molecule has 2 N–H and O–H groups in total. The Morgan fingerprint density at radius 2 is 1.91 bits per heavy atom. The van der Waals surface area contributed by atoms with E-state index in [4.69, 9.17) is 17.0 Å². The first-order valence-corrected chi connectivity index (χ1v) is 10.6. The van der Waals surface area contributed by atoms with Crippen molar-refractivity contribution in [3.05, 3.63) is 76.7 Å². The Hall–Kier alpha value is -3.72. The summed E-state index contributed by atoms with van der Waals surface area (Å²) in [7, 11) is 1.62. The van der Waals surface area contributed by atoms with E-state index in [1.54, 1.807) is 11.8 Å². The van der Waals surface area contributed by atoms with Crippen LogP contribution < -0.4 is 10.1 Å². The van der Waals surface area contributed by atoms with E-state index in [9.17, 15) is 4.79 Å². The summed E-state index contributed by atoms with van der Waals surface area (Å²) < 4.78 is 9.30. The molecule has 0 radical (unpaired) electrons. The summed E-state index contributed by atoms with van der Waals surface area (Å²) in [6.45, 7) is 2.89. The van der Waals surface area contributed by atoms with Crippen molar-refractivity contribution in [3.63, 3.8) is 0 Å². The molecule has 164 valence electrons. The van der Waals surface area contributed by atoms with Gasteiger partial charge in [-0.05, 0) is 49.0 Å². The third-order valence-electron chi connectivity index (χ3n) is 5.01. The summed E-state index contributed by atoms with van der Waals surface area (Å²) in [4.78, 5) is 12.7. The number of amides is 1. The molecule has 4 rings (SSSR count). The van der Waals surface area contributed by atoms with Gasteiger partial charge in [-0.25, -0.2) is 4.68 Å². The standard InChI is InChI=1S/C23H24N6O2S/c1-16-14-20(29(27-16)15-17-6-4-3-5-7-17)24-21(30)12-13-28-22(25-26-23(28)32)18-8-10-19(31-2)11-9-18/h3-11,14H,12-13,15H2,1-2H3,(H,24,30)(H,26,32). The van der Waals surface area contributed by atoms with Gasteiger partial charge in [0.1, 0.15) is 11.6 Å². The van der Waals surface area contributed by atoms with Crippen LogP contribution in [0.15, 0.2) is 60.7 Å². The second-order valence-electron chi connectivity index (χ2n) is 7.34. The van der Waals surface area contributed by atoms with Crippen LogP contribution in [-0.2, 0) is 17.9 Å². The fourth-order valence-corrected chi connectivity index (χ4v) is 3.65. The van der Waals surface area contributed by atoms with Gasteiger partial charge >= 0.3 is 0 Å². The van der Waals surface area contributed by atoms with Crippen LogP contribution in [0.3, 0.4) is 0 Å². The minimum Gasteiger partial charge on any atom is -0.497 e. The minimum absolute atomic E-state index is 0.122. The molecule has 9 heteroatoms. The highest BCUT2D eigenvalue weighted by Crippen LogP contribution is 2.21. The monoisotopic (exact) mass is 448 g/mol. The maximum Gasteiger partial charge on any atom is 0.227 e. The van der Waals surface area contributed by atoms with Gasteiger partial charge < -0.3 is 10.1 Å². The van der Waals surface area contributed by atoms with Crippen LogP contribution in [0, 0.1) is 11.7 Å². The van der Waals surface area contributed by atoms with Crippen LogP contribution in [0.1, 0.15) is 17.7 Å². The number of anilines is 1. The van der Waals surface area contributed by atoms with Crippen molar-refractivity contribution >= 4 is 23.9 Å². The highest BCUT2D eigenvalue weighted by Gasteiger charge is 2.13. The zero-order valence-electron chi connectivity index (χ0n) is 17.9. The van der Waals surface area contributed by atoms with Crippen molar-refractivity contribution in [1.82, 2.24) is 24.5 Å². The van der Waals surface area contributed by atoms with E-state index in [2.05, 4.69) is 20.6 Å². The maximum absolute atomic E-state index is 12.7. The zero-order chi connectivity index (χ0) is 22.5. The zero-order valence-corrected chi connectivity index (χ0v) is 18.7. The van der Waals surface area contributed by atoms with E-state index in [1.165, 1.54) is 0 Å². The Morgan fingerprint density at radius 1 is 1.16 bits per heavy atom. The van der Waals surface area contributed by atoms with E-state index >= 15 is 0 Å². The lowest BCUT2D eigenvalue weighted by Crippen LogP contribution is -2.18. The van der Waals surface area contributed by atoms with Crippen molar-refractivity contribution in [2.75, 3.05) is 12.4 Å². The number of benzene rings is 2. The Morgan fingerprint density at radius 3 is 2.62 bits per heavy atom. The van der Waals surface area contributed by atoms with Crippen molar-refractivity contribution in [1.29, 1.82) is 0 Å². The Kier molecular flexibility index (Phi) is 6.46. The molecule has 0 aliphatic carbocycles. The van der Waals surface area contributed by atoms with Gasteiger partial charge in [-0.1, -0.05) is 30.3 Å². The quantitative estimate of drug-likeness (QED) is 0.394. The summed E-state index contributed by atoms with van der Waals surface area (Å²) in [5.41, 5.74) is 2.84. The predicted octanol–water partition coefficient (Wildman–Crippen LogP) is 4.20. The van der Waals surface area contributed by atoms with Crippen molar-refractivity contribution in [2.24, 2.45) is 0 Å². The molecule has 0 bridgehead atoms. The first-order valence-electron chi connectivity index (χ1n) is 10.2. The molecule has 0 saturated heterocycles. The fraction of sp³-hybridized carbons (Fsp3) is 0.217. The predicted molar refractivity (Wildman–Crippen MR) is 125 cm³/mol. The molecule has 2 aromatic carbocycles. The molecular weight excluding hydrogens is 424 g/mol. The number of aryl methyl sites for hydroxylation is 1. The molecule has 0 atom stereocenters. The number of hydrogen-bond acceptors (Lipinski definition) is 5. The lowest BCUT2D eigenvalue weighted by molar-refractivity contribution is -0.116. The van der Waals surface area contributed by atoms with Crippen molar-refractivity contribution in [2.45, 2.75) is 26.4 Å². The number of hydrogen-bond donors (Lipinski definition) is 2. The first kappa shape index (κ1) is 21.5. The Labute approximate surface area is 190 Å². The molecule has 4 aromatic rings. The summed E-state index contributed by atoms with van der Waals surface area (Å²) in [5, 5.41) is 14.6. The average molecular weight is 449 g/mol. The van der Waals surface area contributed by atoms with E-state index < -0.39 is 0 Å². The van der Waals surface area contributed by atoms with E-state index in [1.807, 2.05) is 72.2 Å². The van der Waals surface area contributed by atoms with E-state index in [0.29, 0.717) is 29.5 Å². The number of aromatic nitrogens is 5. The molecule has 32 heavy (non-hydrogen) atoms. The number of rotatable bonds is 8. The van der Waals surface area contributed by atoms with Crippen LogP contribution >= 0.6 is 12.2 Å². The van der Waals surface area contributed by atoms with Gasteiger partial charge in [0, 0.05) is 24.6 Å². The van der Waals surface area contributed by atoms with E-state index in [0.717, 1.165) is 22.6 Å². The summed E-state index contributed by atoms with van der Waals surface area (Å²) in [5.74, 6) is 1.98. The highest BCUT2D eigenvalue weighted by molar-refractivity contribution is 7.71. The second kappa shape index (κ2) is 9.61. The number of H-pyrrole nitrogens is 1. The summed E-state index contributed by atoms with van der Waals surface area (Å²) in [6.07, 6.45) is 0.243. The van der Waals surface area contributed by atoms with Gasteiger partial charge in [0.15, 0.2) is 10.6 Å². The number of carbonyl (C=O) groups excluding carboxylic acids is 1. The van der Waals surface area contributed by atoms with Crippen molar-refractivity contribution < 1.29 is 9.53 Å². The number of methoxy groups -OCH3 is 1. The third-order valence-corrected chi connectivity index (χ3v) is 5.33. The topological polar surface area (TPSA) is 89.8 Å². The number of aromatic amines is 1. The summed E-state index contributed by atoms with van der Waals surface area (Å²) >= 11 is 5.37. The molecule has 2 heterocycles. The normalized spacial score (nSPS) is 10.8. The maximum atomic E-state index is 12.7. The van der Waals surface area contributed by atoms with Gasteiger partial charge in [0.05, 0.1) is 19.3 Å². The second-order valence-corrected chi connectivity index (χ2v) is 7.73. The lowest BCUT2D eigenvalue weighted by atomic mass is 10.2. The van der Waals surface area contributed by atoms with Crippen molar-refractivity contribution in [3.8, 4) is 17.1 Å². The van der Waals surface area contributed by atoms with Gasteiger partial charge in [-0.15, -0.1) is 0 Å². The SMILES string of the molecule is COc1ccc(-c2n[nH]c(=S)n2CCC(=O)Nc2cc(C)nn2Cc2ccccc2)cc1. The van der Waals surface area contributed by atoms with Crippen LogP contribution in [0.4, 0.5) is 5.82 Å². The molecular formula is C23H24N6O2S. The Bertz CT molecular complexity index is 1260. The number of nitrogens with one attached hydrogen (secondary N) is 2. The molecule has 1 amide bonds. The molecule has 0 aliphatic rings. The average Bonchev–Trinajstić information content (AvgIpc) is 3.34. The minimum atomic E-state index is -0.122. The smallest absolute Gasteiger partial charge is 0.227 e. The van der Waals surface area contributed by atoms with Crippen LogP contribution in [0.25, 0.3) is 11.4 Å². The highest BCUT2D eigenvalue weighted by atomic mass is 32.1. The number of nitrogens with zero attached hydrogens (tertiary/aromatic N) is 4. The van der Waals surface area contributed by atoms with E-state index in [-0.39, 0.29) is 12.3 Å². The van der Waals surface area contributed by atoms with Crippen LogP contribution in [-0.4, -0.2) is 37.6 Å². The van der Waals surface area contributed by atoms with Gasteiger partial charge in [0.2, 0.25) is 5.91 Å². The Balaban J connectivity index is 1.44. The van der Waals surface area contributed by atoms with Crippen LogP contribution in [0.2, 0.25) is 0 Å². The largest absolute Gasteiger partial charge is 0.497 e. The molecule has 8 nitrogen and oxygen atoms in total. The fourth-order valence-electron chi connectivity index (χ4n) is 3.43. The third kappa shape index (κ3) is 4.94. The van der Waals surface area contributed by atoms with Gasteiger partial charge in [0.25, 0.3) is 0 Å². The lowest BCUT2D eigenvalue weighted by Gasteiger charge is -2.10. The summed E-state index contributed by atoms with van der Waals surface area (Å²) in [6, 6.07) is 19.4. The molecule has 2 aromatic heterocycles. The first-order chi connectivity index (χ1) is 15.5. The molecule has 0 spiro atoms. The molecule has 0 unspecified atom stereocenters. The van der Waals surface area contributed by atoms with Gasteiger partial charge in [-0.3, -0.25) is 14.5 Å². The molecule has 0 saturated carbocycles. The molecule has 0 aliphatic heterocycles. The number of ether oxygens (including phenoxy) is 1. The van der Waals surface area contributed by atoms with Gasteiger partial charge in [-0.2, -0.15) is 10.2 Å². The molecule has 0 fully saturated rings. The number of carbonyl (C=O) groups is 1. The van der Waals surface area contributed by atoms with Crippen LogP contribution in [0.5, 0.6) is 5.75 Å².